The van der Waals surface area contributed by atoms with Gasteiger partial charge in [-0.3, -0.25) is 4.79 Å². The van der Waals surface area contributed by atoms with Gasteiger partial charge in [0.15, 0.2) is 0 Å². The van der Waals surface area contributed by atoms with Crippen LogP contribution < -0.4 is 10.6 Å². The first-order chi connectivity index (χ1) is 12.6. The van der Waals surface area contributed by atoms with Crippen LogP contribution in [0.15, 0.2) is 66.9 Å². The maximum atomic E-state index is 13.6. The number of carbonyl (C=O) groups is 1. The summed E-state index contributed by atoms with van der Waals surface area (Å²) in [6.45, 7) is 0.563. The van der Waals surface area contributed by atoms with Gasteiger partial charge in [-0.15, -0.1) is 0 Å². The minimum Gasteiger partial charge on any atom is -0.383 e. The van der Waals surface area contributed by atoms with Crippen LogP contribution in [0.2, 0.25) is 5.02 Å². The number of amides is 1. The van der Waals surface area contributed by atoms with Crippen LogP contribution in [0.5, 0.6) is 0 Å². The number of aromatic nitrogens is 1. The SMILES string of the molecule is O=C(Nc1ccccc1Cl)c1ccc(NCCc2ccccc2F)cn1. The van der Waals surface area contributed by atoms with Crippen molar-refractivity contribution in [3.8, 4) is 0 Å². The van der Waals surface area contributed by atoms with Crippen LogP contribution in [0.3, 0.4) is 0 Å². The second-order valence-corrected chi connectivity index (χ2v) is 6.04. The highest BCUT2D eigenvalue weighted by atomic mass is 35.5. The monoisotopic (exact) mass is 369 g/mol. The molecule has 0 saturated heterocycles. The van der Waals surface area contributed by atoms with Gasteiger partial charge >= 0.3 is 0 Å². The van der Waals surface area contributed by atoms with E-state index in [4.69, 9.17) is 11.6 Å². The molecular formula is C20H17ClFN3O. The topological polar surface area (TPSA) is 54.0 Å². The van der Waals surface area contributed by atoms with E-state index < -0.39 is 0 Å². The highest BCUT2D eigenvalue weighted by Crippen LogP contribution is 2.21. The van der Waals surface area contributed by atoms with Gasteiger partial charge in [-0.25, -0.2) is 9.37 Å². The summed E-state index contributed by atoms with van der Waals surface area (Å²) in [4.78, 5) is 16.4. The van der Waals surface area contributed by atoms with Gasteiger partial charge in [0.2, 0.25) is 0 Å². The Hall–Kier alpha value is -2.92. The number of carbonyl (C=O) groups excluding carboxylic acids is 1. The van der Waals surface area contributed by atoms with Crippen molar-refractivity contribution >= 4 is 28.9 Å². The number of pyridine rings is 1. The van der Waals surface area contributed by atoms with Crippen LogP contribution in [-0.4, -0.2) is 17.4 Å². The summed E-state index contributed by atoms with van der Waals surface area (Å²) in [5.74, 6) is -0.546. The first-order valence-corrected chi connectivity index (χ1v) is 8.50. The number of anilines is 2. The molecule has 0 radical (unpaired) electrons. The molecule has 0 aliphatic heterocycles. The smallest absolute Gasteiger partial charge is 0.274 e. The highest BCUT2D eigenvalue weighted by Gasteiger charge is 2.09. The van der Waals surface area contributed by atoms with Gasteiger partial charge in [0, 0.05) is 6.54 Å². The Morgan fingerprint density at radius 1 is 1.04 bits per heavy atom. The molecular weight excluding hydrogens is 353 g/mol. The molecule has 4 nitrogen and oxygen atoms in total. The zero-order valence-corrected chi connectivity index (χ0v) is 14.6. The summed E-state index contributed by atoms with van der Waals surface area (Å²) in [6, 6.07) is 17.1. The summed E-state index contributed by atoms with van der Waals surface area (Å²) < 4.78 is 13.6. The largest absolute Gasteiger partial charge is 0.383 e. The molecule has 1 amide bonds. The van der Waals surface area contributed by atoms with E-state index in [9.17, 15) is 9.18 Å². The second kappa shape index (κ2) is 8.45. The van der Waals surface area contributed by atoms with Gasteiger partial charge in [-0.05, 0) is 42.3 Å². The molecule has 0 aliphatic carbocycles. The number of hydrogen-bond acceptors (Lipinski definition) is 3. The van der Waals surface area contributed by atoms with Crippen LogP contribution >= 0.6 is 11.6 Å². The third kappa shape index (κ3) is 4.58. The highest BCUT2D eigenvalue weighted by molar-refractivity contribution is 6.33. The number of benzene rings is 2. The van der Waals surface area contributed by atoms with Crippen LogP contribution in [0.25, 0.3) is 0 Å². The fourth-order valence-electron chi connectivity index (χ4n) is 2.42. The van der Waals surface area contributed by atoms with Crippen molar-refractivity contribution in [2.75, 3.05) is 17.2 Å². The minimum atomic E-state index is -0.337. The summed E-state index contributed by atoms with van der Waals surface area (Å²) in [7, 11) is 0. The van der Waals surface area contributed by atoms with E-state index >= 15 is 0 Å². The van der Waals surface area contributed by atoms with Gasteiger partial charge in [-0.2, -0.15) is 0 Å². The maximum absolute atomic E-state index is 13.6. The fraction of sp³-hybridized carbons (Fsp3) is 0.100. The van der Waals surface area contributed by atoms with Crippen molar-refractivity contribution in [1.82, 2.24) is 4.98 Å². The lowest BCUT2D eigenvalue weighted by Crippen LogP contribution is -2.14. The molecule has 1 aromatic heterocycles. The van der Waals surface area contributed by atoms with Crippen molar-refractivity contribution in [3.05, 3.63) is 89.0 Å². The molecule has 0 fully saturated rings. The summed E-state index contributed by atoms with van der Waals surface area (Å²) in [5.41, 5.74) is 2.23. The van der Waals surface area contributed by atoms with Gasteiger partial charge in [0.1, 0.15) is 11.5 Å². The predicted octanol–water partition coefficient (Wildman–Crippen LogP) is 4.78. The van der Waals surface area contributed by atoms with E-state index in [1.807, 2.05) is 6.07 Å². The lowest BCUT2D eigenvalue weighted by Gasteiger charge is -2.09. The predicted molar refractivity (Wildman–Crippen MR) is 102 cm³/mol. The molecule has 0 bridgehead atoms. The van der Waals surface area contributed by atoms with Crippen LogP contribution in [0, 0.1) is 5.82 Å². The normalized spacial score (nSPS) is 10.4. The zero-order chi connectivity index (χ0) is 18.4. The lowest BCUT2D eigenvalue weighted by atomic mass is 10.1. The van der Waals surface area contributed by atoms with Crippen molar-refractivity contribution in [1.29, 1.82) is 0 Å². The third-order valence-corrected chi connectivity index (χ3v) is 4.13. The number of nitrogens with zero attached hydrogens (tertiary/aromatic N) is 1. The van der Waals surface area contributed by atoms with Crippen LogP contribution in [0.4, 0.5) is 15.8 Å². The quantitative estimate of drug-likeness (QED) is 0.657. The molecule has 0 unspecified atom stereocenters. The molecule has 3 aromatic rings. The Morgan fingerprint density at radius 2 is 1.81 bits per heavy atom. The molecule has 2 aromatic carbocycles. The molecule has 0 atom stereocenters. The van der Waals surface area contributed by atoms with E-state index in [0.717, 1.165) is 5.69 Å². The molecule has 1 heterocycles. The molecule has 0 aliphatic rings. The molecule has 6 heteroatoms. The molecule has 0 saturated carbocycles. The minimum absolute atomic E-state index is 0.209. The van der Waals surface area contributed by atoms with Crippen LogP contribution in [0.1, 0.15) is 16.1 Å². The Kier molecular flexibility index (Phi) is 5.81. The Morgan fingerprint density at radius 3 is 2.54 bits per heavy atom. The first kappa shape index (κ1) is 17.9. The number of rotatable bonds is 6. The average molecular weight is 370 g/mol. The lowest BCUT2D eigenvalue weighted by molar-refractivity contribution is 0.102. The van der Waals surface area contributed by atoms with Crippen molar-refractivity contribution in [3.63, 3.8) is 0 Å². The van der Waals surface area contributed by atoms with Gasteiger partial charge < -0.3 is 10.6 Å². The molecule has 3 rings (SSSR count). The van der Waals surface area contributed by atoms with Gasteiger partial charge in [0.25, 0.3) is 5.91 Å². The number of nitrogens with one attached hydrogen (secondary N) is 2. The molecule has 2 N–H and O–H groups in total. The fourth-order valence-corrected chi connectivity index (χ4v) is 2.61. The van der Waals surface area contributed by atoms with Crippen LogP contribution in [-0.2, 0) is 6.42 Å². The zero-order valence-electron chi connectivity index (χ0n) is 13.9. The average Bonchev–Trinajstić information content (AvgIpc) is 2.66. The maximum Gasteiger partial charge on any atom is 0.274 e. The molecule has 26 heavy (non-hydrogen) atoms. The van der Waals surface area contributed by atoms with Crippen molar-refractivity contribution < 1.29 is 9.18 Å². The van der Waals surface area contributed by atoms with E-state index in [-0.39, 0.29) is 17.4 Å². The van der Waals surface area contributed by atoms with Crippen molar-refractivity contribution in [2.24, 2.45) is 0 Å². The Balaban J connectivity index is 1.55. The van der Waals surface area contributed by atoms with Gasteiger partial charge in [0.05, 0.1) is 22.6 Å². The molecule has 132 valence electrons. The van der Waals surface area contributed by atoms with E-state index in [1.54, 1.807) is 54.7 Å². The first-order valence-electron chi connectivity index (χ1n) is 8.13. The Bertz CT molecular complexity index is 900. The third-order valence-electron chi connectivity index (χ3n) is 3.80. The number of para-hydroxylation sites is 1. The van der Waals surface area contributed by atoms with Crippen molar-refractivity contribution in [2.45, 2.75) is 6.42 Å². The van der Waals surface area contributed by atoms with E-state index in [0.29, 0.717) is 29.2 Å². The van der Waals surface area contributed by atoms with Gasteiger partial charge in [-0.1, -0.05) is 41.9 Å². The number of halogens is 2. The Labute approximate surface area is 156 Å². The standard InChI is InChI=1S/C20H17ClFN3O/c21-16-6-2-4-8-18(16)25-20(26)19-10-9-15(13-24-19)23-12-11-14-5-1-3-7-17(14)22/h1-10,13,23H,11-12H2,(H,25,26). The second-order valence-electron chi connectivity index (χ2n) is 5.63. The summed E-state index contributed by atoms with van der Waals surface area (Å²) >= 11 is 6.03. The number of hydrogen-bond donors (Lipinski definition) is 2. The van der Waals surface area contributed by atoms with E-state index in [1.165, 1.54) is 6.07 Å². The summed E-state index contributed by atoms with van der Waals surface area (Å²) in [6.07, 6.45) is 2.13. The molecule has 0 spiro atoms. The summed E-state index contributed by atoms with van der Waals surface area (Å²) in [5, 5.41) is 6.35. The van der Waals surface area contributed by atoms with E-state index in [2.05, 4.69) is 15.6 Å².